The molecule has 1 aliphatic rings. The Bertz CT molecular complexity index is 1150. The first kappa shape index (κ1) is 21.0. The van der Waals surface area contributed by atoms with Crippen LogP contribution in [0.4, 0.5) is 0 Å². The molecule has 0 saturated carbocycles. The molecule has 1 fully saturated rings. The van der Waals surface area contributed by atoms with E-state index < -0.39 is 11.2 Å². The van der Waals surface area contributed by atoms with E-state index >= 15 is 0 Å². The van der Waals surface area contributed by atoms with E-state index in [1.54, 1.807) is 24.3 Å². The molecule has 162 valence electrons. The molecule has 0 radical (unpaired) electrons. The third-order valence-electron chi connectivity index (χ3n) is 5.55. The smallest absolute Gasteiger partial charge is 0.328 e. The first-order chi connectivity index (χ1) is 15.1. The predicted octanol–water partition coefficient (Wildman–Crippen LogP) is 1.27. The van der Waals surface area contributed by atoms with Crippen LogP contribution in [0.15, 0.2) is 64.2 Å². The van der Waals surface area contributed by atoms with Crippen molar-refractivity contribution in [2.45, 2.75) is 19.0 Å². The number of aryl methyl sites for hydroxylation is 1. The number of nitrogens with one attached hydrogen (secondary N) is 2. The quantitative estimate of drug-likeness (QED) is 0.598. The molecule has 1 amide bonds. The summed E-state index contributed by atoms with van der Waals surface area (Å²) in [6.45, 7) is 3.92. The van der Waals surface area contributed by atoms with E-state index in [9.17, 15) is 14.4 Å². The van der Waals surface area contributed by atoms with Crippen LogP contribution in [0.5, 0.6) is 0 Å². The van der Waals surface area contributed by atoms with Crippen molar-refractivity contribution in [3.05, 3.63) is 81.0 Å². The molecule has 2 heterocycles. The standard InChI is InChI=1S/C23H26N4O4/c28-21(10-11-27-20-9-5-4-8-18(20)22(29)25-23(27)30)24-19(17-6-2-1-3-7-17)16-26-12-14-31-15-13-26/h1-9,19H,10-16H2,(H,24,28)(H,25,29,30)/t19-/m1/s1. The van der Waals surface area contributed by atoms with Crippen LogP contribution in [0.25, 0.3) is 10.9 Å². The van der Waals surface area contributed by atoms with Gasteiger partial charge in [-0.25, -0.2) is 4.79 Å². The van der Waals surface area contributed by atoms with Crippen molar-refractivity contribution in [1.82, 2.24) is 19.8 Å². The summed E-state index contributed by atoms with van der Waals surface area (Å²) in [7, 11) is 0. The SMILES string of the molecule is O=C(CCn1c(=O)[nH]c(=O)c2ccccc21)N[C@H](CN1CCOCC1)c1ccccc1. The highest BCUT2D eigenvalue weighted by molar-refractivity contribution is 5.79. The number of benzene rings is 2. The summed E-state index contributed by atoms with van der Waals surface area (Å²) in [6.07, 6.45) is 0.127. The number of carbonyl (C=O) groups excluding carboxylic acids is 1. The molecule has 0 unspecified atom stereocenters. The van der Waals surface area contributed by atoms with Crippen LogP contribution in [-0.4, -0.2) is 53.2 Å². The van der Waals surface area contributed by atoms with Crippen molar-refractivity contribution >= 4 is 16.8 Å². The fourth-order valence-electron chi connectivity index (χ4n) is 3.91. The van der Waals surface area contributed by atoms with Crippen LogP contribution < -0.4 is 16.6 Å². The molecule has 2 aromatic carbocycles. The third kappa shape index (κ3) is 5.10. The minimum atomic E-state index is -0.510. The van der Waals surface area contributed by atoms with Gasteiger partial charge in [-0.1, -0.05) is 42.5 Å². The van der Waals surface area contributed by atoms with E-state index in [-0.39, 0.29) is 24.9 Å². The summed E-state index contributed by atoms with van der Waals surface area (Å²) in [6, 6.07) is 16.6. The Labute approximate surface area is 179 Å². The van der Waals surface area contributed by atoms with Gasteiger partial charge in [-0.3, -0.25) is 24.0 Å². The highest BCUT2D eigenvalue weighted by Gasteiger charge is 2.20. The fraction of sp³-hybridized carbons (Fsp3) is 0.348. The molecule has 4 rings (SSSR count). The molecule has 0 bridgehead atoms. The van der Waals surface area contributed by atoms with Crippen LogP contribution in [-0.2, 0) is 16.1 Å². The minimum absolute atomic E-state index is 0.127. The third-order valence-corrected chi connectivity index (χ3v) is 5.55. The number of para-hydroxylation sites is 1. The van der Waals surface area contributed by atoms with Gasteiger partial charge in [-0.2, -0.15) is 0 Å². The normalized spacial score (nSPS) is 15.6. The Kier molecular flexibility index (Phi) is 6.59. The Balaban J connectivity index is 1.48. The van der Waals surface area contributed by atoms with Crippen molar-refractivity contribution in [2.75, 3.05) is 32.8 Å². The number of rotatable bonds is 7. The number of carbonyl (C=O) groups is 1. The predicted molar refractivity (Wildman–Crippen MR) is 118 cm³/mol. The average Bonchev–Trinajstić information content (AvgIpc) is 2.80. The van der Waals surface area contributed by atoms with Gasteiger partial charge in [0.05, 0.1) is 30.2 Å². The Morgan fingerprint density at radius 1 is 1.03 bits per heavy atom. The Morgan fingerprint density at radius 2 is 1.74 bits per heavy atom. The van der Waals surface area contributed by atoms with Crippen LogP contribution >= 0.6 is 0 Å². The van der Waals surface area contributed by atoms with Crippen LogP contribution in [0.3, 0.4) is 0 Å². The summed E-state index contributed by atoms with van der Waals surface area (Å²) >= 11 is 0. The number of ether oxygens (including phenoxy) is 1. The van der Waals surface area contributed by atoms with E-state index in [0.717, 1.165) is 18.7 Å². The summed E-state index contributed by atoms with van der Waals surface area (Å²) in [5.41, 5.74) is 0.631. The maximum atomic E-state index is 12.8. The minimum Gasteiger partial charge on any atom is -0.379 e. The van der Waals surface area contributed by atoms with Crippen molar-refractivity contribution < 1.29 is 9.53 Å². The van der Waals surface area contributed by atoms with E-state index in [1.807, 2.05) is 30.3 Å². The second kappa shape index (κ2) is 9.72. The van der Waals surface area contributed by atoms with Gasteiger partial charge in [0.15, 0.2) is 0 Å². The maximum absolute atomic E-state index is 12.8. The number of aromatic amines is 1. The number of nitrogens with zero attached hydrogens (tertiary/aromatic N) is 2. The lowest BCUT2D eigenvalue weighted by Crippen LogP contribution is -2.43. The lowest BCUT2D eigenvalue weighted by Gasteiger charge is -2.31. The molecule has 1 atom stereocenters. The monoisotopic (exact) mass is 422 g/mol. The number of aromatic nitrogens is 2. The van der Waals surface area contributed by atoms with E-state index in [1.165, 1.54) is 4.57 Å². The average molecular weight is 422 g/mol. The van der Waals surface area contributed by atoms with Crippen LogP contribution in [0.2, 0.25) is 0 Å². The maximum Gasteiger partial charge on any atom is 0.328 e. The van der Waals surface area contributed by atoms with Gasteiger partial charge >= 0.3 is 5.69 Å². The van der Waals surface area contributed by atoms with Crippen molar-refractivity contribution in [2.24, 2.45) is 0 Å². The number of hydrogen-bond donors (Lipinski definition) is 2. The summed E-state index contributed by atoms with van der Waals surface area (Å²) in [4.78, 5) is 41.8. The lowest BCUT2D eigenvalue weighted by molar-refractivity contribution is -0.122. The fourth-order valence-corrected chi connectivity index (χ4v) is 3.91. The van der Waals surface area contributed by atoms with E-state index in [0.29, 0.717) is 30.7 Å². The van der Waals surface area contributed by atoms with E-state index in [2.05, 4.69) is 15.2 Å². The molecule has 0 aliphatic carbocycles. The zero-order valence-corrected chi connectivity index (χ0v) is 17.3. The van der Waals surface area contributed by atoms with Crippen molar-refractivity contribution in [3.8, 4) is 0 Å². The largest absolute Gasteiger partial charge is 0.379 e. The summed E-state index contributed by atoms with van der Waals surface area (Å²) in [5.74, 6) is -0.149. The molecule has 1 aliphatic heterocycles. The molecular formula is C23H26N4O4. The van der Waals surface area contributed by atoms with Gasteiger partial charge in [0.1, 0.15) is 0 Å². The first-order valence-electron chi connectivity index (χ1n) is 10.5. The van der Waals surface area contributed by atoms with Gasteiger partial charge < -0.3 is 10.1 Å². The molecule has 31 heavy (non-hydrogen) atoms. The highest BCUT2D eigenvalue weighted by Crippen LogP contribution is 2.16. The molecule has 3 aromatic rings. The highest BCUT2D eigenvalue weighted by atomic mass is 16.5. The molecule has 0 spiro atoms. The number of morpholine rings is 1. The molecule has 2 N–H and O–H groups in total. The zero-order chi connectivity index (χ0) is 21.6. The van der Waals surface area contributed by atoms with Gasteiger partial charge in [0.2, 0.25) is 5.91 Å². The molecular weight excluding hydrogens is 396 g/mol. The van der Waals surface area contributed by atoms with Gasteiger partial charge in [-0.15, -0.1) is 0 Å². The Morgan fingerprint density at radius 3 is 2.52 bits per heavy atom. The van der Waals surface area contributed by atoms with Gasteiger partial charge in [0.25, 0.3) is 5.56 Å². The molecule has 1 aromatic heterocycles. The van der Waals surface area contributed by atoms with Gasteiger partial charge in [0, 0.05) is 32.6 Å². The molecule has 8 heteroatoms. The first-order valence-corrected chi connectivity index (χ1v) is 10.5. The lowest BCUT2D eigenvalue weighted by atomic mass is 10.1. The van der Waals surface area contributed by atoms with E-state index in [4.69, 9.17) is 4.74 Å². The number of H-pyrrole nitrogens is 1. The van der Waals surface area contributed by atoms with Gasteiger partial charge in [-0.05, 0) is 17.7 Å². The number of amides is 1. The second-order valence-corrected chi connectivity index (χ2v) is 7.62. The number of fused-ring (bicyclic) bond motifs is 1. The summed E-state index contributed by atoms with van der Waals surface area (Å²) < 4.78 is 6.86. The van der Waals surface area contributed by atoms with Crippen LogP contribution in [0, 0.1) is 0 Å². The van der Waals surface area contributed by atoms with Crippen LogP contribution in [0.1, 0.15) is 18.0 Å². The van der Waals surface area contributed by atoms with Crippen molar-refractivity contribution in [1.29, 1.82) is 0 Å². The van der Waals surface area contributed by atoms with Crippen molar-refractivity contribution in [3.63, 3.8) is 0 Å². The molecule has 8 nitrogen and oxygen atoms in total. The summed E-state index contributed by atoms with van der Waals surface area (Å²) in [5, 5.41) is 3.55. The second-order valence-electron chi connectivity index (χ2n) is 7.62. The molecule has 1 saturated heterocycles. The zero-order valence-electron chi connectivity index (χ0n) is 17.3. The number of hydrogen-bond acceptors (Lipinski definition) is 5. The topological polar surface area (TPSA) is 96.4 Å². The Hall–Kier alpha value is -3.23.